The van der Waals surface area contributed by atoms with Gasteiger partial charge in [-0.15, -0.1) is 0 Å². The minimum atomic E-state index is -2.91. The molecule has 0 fully saturated rings. The largest absolute Gasteiger partial charge is 0.370 e. The summed E-state index contributed by atoms with van der Waals surface area (Å²) in [5.41, 5.74) is 7.39. The van der Waals surface area contributed by atoms with Gasteiger partial charge in [-0.1, -0.05) is 43.0 Å². The van der Waals surface area contributed by atoms with E-state index in [1.54, 1.807) is 36.2 Å². The van der Waals surface area contributed by atoms with Crippen LogP contribution in [0.1, 0.15) is 36.5 Å². The first-order valence-electron chi connectivity index (χ1n) is 8.56. The SMILES string of the molecule is C=C1[C@H](c2ccc(C(C)(F)F)cc2)[C@@](C)(c2ccc(F)cc2)N=C(N)N1C. The molecule has 6 heteroatoms. The fraction of sp³-hybridized carbons (Fsp3) is 0.286. The van der Waals surface area contributed by atoms with Crippen LogP contribution < -0.4 is 5.73 Å². The molecule has 2 aromatic carbocycles. The van der Waals surface area contributed by atoms with Gasteiger partial charge >= 0.3 is 0 Å². The molecule has 0 unspecified atom stereocenters. The van der Waals surface area contributed by atoms with Crippen LogP contribution in [0.15, 0.2) is 65.8 Å². The molecule has 0 bridgehead atoms. The van der Waals surface area contributed by atoms with Crippen LogP contribution >= 0.6 is 0 Å². The number of alkyl halides is 2. The van der Waals surface area contributed by atoms with Gasteiger partial charge in [0.25, 0.3) is 5.92 Å². The lowest BCUT2D eigenvalue weighted by Crippen LogP contribution is -2.47. The molecule has 27 heavy (non-hydrogen) atoms. The van der Waals surface area contributed by atoms with Gasteiger partial charge in [-0.2, -0.15) is 0 Å². The third-order valence-corrected chi connectivity index (χ3v) is 5.20. The van der Waals surface area contributed by atoms with Gasteiger partial charge in [-0.25, -0.2) is 18.2 Å². The second-order valence-corrected chi connectivity index (χ2v) is 7.12. The molecule has 0 aromatic heterocycles. The number of halogens is 3. The molecule has 1 aliphatic heterocycles. The molecule has 2 aromatic rings. The Balaban J connectivity index is 2.14. The number of likely N-dealkylation sites (N-methyl/N-ethyl adjacent to an activating group) is 1. The molecule has 142 valence electrons. The number of nitrogens with two attached hydrogens (primary N) is 1. The van der Waals surface area contributed by atoms with Gasteiger partial charge in [0.15, 0.2) is 5.96 Å². The molecule has 3 rings (SSSR count). The van der Waals surface area contributed by atoms with Crippen LogP contribution in [-0.4, -0.2) is 17.9 Å². The summed E-state index contributed by atoms with van der Waals surface area (Å²) < 4.78 is 40.6. The quantitative estimate of drug-likeness (QED) is 0.847. The summed E-state index contributed by atoms with van der Waals surface area (Å²) in [6.45, 7) is 6.91. The lowest BCUT2D eigenvalue weighted by atomic mass is 9.73. The van der Waals surface area contributed by atoms with E-state index in [0.29, 0.717) is 11.7 Å². The Morgan fingerprint density at radius 2 is 1.67 bits per heavy atom. The fourth-order valence-electron chi connectivity index (χ4n) is 3.55. The topological polar surface area (TPSA) is 41.6 Å². The van der Waals surface area contributed by atoms with Crippen LogP contribution in [-0.2, 0) is 11.5 Å². The van der Waals surface area contributed by atoms with Crippen LogP contribution in [0.4, 0.5) is 13.2 Å². The maximum Gasteiger partial charge on any atom is 0.270 e. The summed E-state index contributed by atoms with van der Waals surface area (Å²) in [6.07, 6.45) is 0. The summed E-state index contributed by atoms with van der Waals surface area (Å²) in [6, 6.07) is 12.2. The predicted molar refractivity (Wildman–Crippen MR) is 101 cm³/mol. The Labute approximate surface area is 157 Å². The highest BCUT2D eigenvalue weighted by atomic mass is 19.3. The molecule has 3 nitrogen and oxygen atoms in total. The highest BCUT2D eigenvalue weighted by molar-refractivity contribution is 5.82. The van der Waals surface area contributed by atoms with Crippen LogP contribution in [0.2, 0.25) is 0 Å². The zero-order valence-corrected chi connectivity index (χ0v) is 15.5. The van der Waals surface area contributed by atoms with Gasteiger partial charge in [0.1, 0.15) is 5.82 Å². The highest BCUT2D eigenvalue weighted by Crippen LogP contribution is 2.47. The van der Waals surface area contributed by atoms with Crippen molar-refractivity contribution in [3.05, 3.63) is 83.3 Å². The number of hydrogen-bond donors (Lipinski definition) is 1. The average Bonchev–Trinajstić information content (AvgIpc) is 2.60. The van der Waals surface area contributed by atoms with Crippen molar-refractivity contribution in [2.75, 3.05) is 7.05 Å². The van der Waals surface area contributed by atoms with E-state index in [1.165, 1.54) is 24.3 Å². The van der Waals surface area contributed by atoms with Gasteiger partial charge in [0.2, 0.25) is 0 Å². The second-order valence-electron chi connectivity index (χ2n) is 7.12. The number of rotatable bonds is 3. The van der Waals surface area contributed by atoms with Gasteiger partial charge in [-0.05, 0) is 30.2 Å². The van der Waals surface area contributed by atoms with Gasteiger partial charge in [-0.3, -0.25) is 0 Å². The minimum absolute atomic E-state index is 0.0625. The van der Waals surface area contributed by atoms with Crippen molar-refractivity contribution in [1.29, 1.82) is 0 Å². The van der Waals surface area contributed by atoms with E-state index in [0.717, 1.165) is 18.1 Å². The molecular weight excluding hydrogens is 351 g/mol. The molecular formula is C21H22F3N3. The van der Waals surface area contributed by atoms with E-state index in [9.17, 15) is 13.2 Å². The molecule has 0 spiro atoms. The van der Waals surface area contributed by atoms with E-state index in [4.69, 9.17) is 5.73 Å². The molecule has 2 N–H and O–H groups in total. The Kier molecular flexibility index (Phi) is 4.54. The van der Waals surface area contributed by atoms with E-state index in [1.807, 2.05) is 6.92 Å². The van der Waals surface area contributed by atoms with E-state index >= 15 is 0 Å². The molecule has 0 saturated carbocycles. The Morgan fingerprint density at radius 1 is 1.11 bits per heavy atom. The van der Waals surface area contributed by atoms with Gasteiger partial charge in [0, 0.05) is 25.2 Å². The van der Waals surface area contributed by atoms with Crippen molar-refractivity contribution in [1.82, 2.24) is 4.90 Å². The van der Waals surface area contributed by atoms with Crippen molar-refractivity contribution in [2.24, 2.45) is 10.7 Å². The number of aliphatic imine (C=N–C) groups is 1. The van der Waals surface area contributed by atoms with Crippen LogP contribution in [0, 0.1) is 5.82 Å². The number of benzene rings is 2. The first kappa shape index (κ1) is 19.0. The fourth-order valence-corrected chi connectivity index (χ4v) is 3.55. The average molecular weight is 373 g/mol. The predicted octanol–water partition coefficient (Wildman–Crippen LogP) is 4.71. The molecule has 0 saturated heterocycles. The van der Waals surface area contributed by atoms with Gasteiger partial charge in [0.05, 0.1) is 11.5 Å². The minimum Gasteiger partial charge on any atom is -0.370 e. The Morgan fingerprint density at radius 3 is 2.19 bits per heavy atom. The van der Waals surface area contributed by atoms with E-state index in [2.05, 4.69) is 11.6 Å². The normalized spacial score (nSPS) is 23.3. The summed E-state index contributed by atoms with van der Waals surface area (Å²) in [5, 5.41) is 0. The van der Waals surface area contributed by atoms with Crippen LogP contribution in [0.3, 0.4) is 0 Å². The Bertz CT molecular complexity index is 882. The zero-order valence-electron chi connectivity index (χ0n) is 15.5. The second kappa shape index (κ2) is 6.44. The maximum atomic E-state index is 13.6. The number of nitrogens with zero attached hydrogens (tertiary/aromatic N) is 2. The molecule has 2 atom stereocenters. The third kappa shape index (κ3) is 3.31. The van der Waals surface area contributed by atoms with Crippen molar-refractivity contribution < 1.29 is 13.2 Å². The monoisotopic (exact) mass is 373 g/mol. The zero-order chi connectivity index (χ0) is 20.0. The lowest BCUT2D eigenvalue weighted by Gasteiger charge is -2.44. The molecule has 1 heterocycles. The van der Waals surface area contributed by atoms with Crippen molar-refractivity contribution >= 4 is 5.96 Å². The number of hydrogen-bond acceptors (Lipinski definition) is 3. The molecule has 0 aliphatic carbocycles. The molecule has 0 radical (unpaired) electrons. The highest BCUT2D eigenvalue weighted by Gasteiger charge is 2.44. The van der Waals surface area contributed by atoms with Crippen molar-refractivity contribution in [3.8, 4) is 0 Å². The standard InChI is InChI=1S/C21H22F3N3/c1-13-18(14-5-7-16(8-6-14)21(3,23)24)20(2,26-19(25)27(13)4)15-9-11-17(22)12-10-15/h5-12,18H,1H2,2-4H3,(H2,25,26)/t18-,20-/m1/s1. The molecule has 1 aliphatic rings. The number of guanidine groups is 1. The van der Waals surface area contributed by atoms with E-state index in [-0.39, 0.29) is 17.3 Å². The van der Waals surface area contributed by atoms with Gasteiger partial charge < -0.3 is 10.6 Å². The van der Waals surface area contributed by atoms with E-state index < -0.39 is 11.5 Å². The summed E-state index contributed by atoms with van der Waals surface area (Å²) in [5.74, 6) is -3.32. The van der Waals surface area contributed by atoms with Crippen LogP contribution in [0.5, 0.6) is 0 Å². The van der Waals surface area contributed by atoms with Crippen molar-refractivity contribution in [3.63, 3.8) is 0 Å². The van der Waals surface area contributed by atoms with Crippen molar-refractivity contribution in [2.45, 2.75) is 31.2 Å². The maximum absolute atomic E-state index is 13.6. The first-order chi connectivity index (χ1) is 12.5. The summed E-state index contributed by atoms with van der Waals surface area (Å²) in [4.78, 5) is 6.34. The molecule has 0 amide bonds. The van der Waals surface area contributed by atoms with Crippen LogP contribution in [0.25, 0.3) is 0 Å². The lowest BCUT2D eigenvalue weighted by molar-refractivity contribution is 0.0174. The summed E-state index contributed by atoms with van der Waals surface area (Å²) in [7, 11) is 1.76. The third-order valence-electron chi connectivity index (χ3n) is 5.20. The smallest absolute Gasteiger partial charge is 0.270 e. The first-order valence-corrected chi connectivity index (χ1v) is 8.56. The summed E-state index contributed by atoms with van der Waals surface area (Å²) >= 11 is 0. The Hall–Kier alpha value is -2.76.